The van der Waals surface area contributed by atoms with Gasteiger partial charge in [0.2, 0.25) is 0 Å². The summed E-state index contributed by atoms with van der Waals surface area (Å²) in [7, 11) is 0. The first kappa shape index (κ1) is 14.0. The minimum Gasteiger partial charge on any atom is -0.388 e. The maximum atomic E-state index is 5.82. The van der Waals surface area contributed by atoms with Gasteiger partial charge < -0.3 is 10.6 Å². The van der Waals surface area contributed by atoms with Crippen LogP contribution in [0, 0.1) is 0 Å². The van der Waals surface area contributed by atoms with Crippen molar-refractivity contribution in [2.24, 2.45) is 9.98 Å². The Hall–Kier alpha value is -1.46. The fourth-order valence-corrected chi connectivity index (χ4v) is 2.13. The zero-order valence-corrected chi connectivity index (χ0v) is 12.3. The smallest absolute Gasteiger partial charge is 0.197 e. The summed E-state index contributed by atoms with van der Waals surface area (Å²) in [5, 5.41) is 8.68. The Labute approximate surface area is 122 Å². The van der Waals surface area contributed by atoms with E-state index in [2.05, 4.69) is 27.5 Å². The number of hydrogen-bond acceptors (Lipinski definition) is 4. The summed E-state index contributed by atoms with van der Waals surface area (Å²) in [6, 6.07) is 7.50. The van der Waals surface area contributed by atoms with E-state index in [1.807, 2.05) is 31.2 Å². The molecule has 0 saturated heterocycles. The predicted molar refractivity (Wildman–Crippen MR) is 85.0 cm³/mol. The van der Waals surface area contributed by atoms with Crippen LogP contribution in [0.5, 0.6) is 0 Å². The fourth-order valence-electron chi connectivity index (χ4n) is 1.42. The average molecular weight is 295 g/mol. The number of aliphatic imine (C=N–C) groups is 2. The van der Waals surface area contributed by atoms with Crippen LogP contribution >= 0.6 is 23.4 Å². The van der Waals surface area contributed by atoms with Gasteiger partial charge in [-0.15, -0.1) is 0 Å². The third-order valence-electron chi connectivity index (χ3n) is 2.30. The zero-order chi connectivity index (χ0) is 13.7. The monoisotopic (exact) mass is 294 g/mol. The third kappa shape index (κ3) is 4.29. The number of amidine groups is 2. The molecule has 1 aromatic carbocycles. The van der Waals surface area contributed by atoms with Gasteiger partial charge in [0.05, 0.1) is 0 Å². The third-order valence-corrected chi connectivity index (χ3v) is 3.32. The van der Waals surface area contributed by atoms with E-state index in [1.54, 1.807) is 6.20 Å². The average Bonchev–Trinajstić information content (AvgIpc) is 2.34. The van der Waals surface area contributed by atoms with Crippen LogP contribution in [0.25, 0.3) is 0 Å². The molecule has 6 heteroatoms. The second-order valence-electron chi connectivity index (χ2n) is 3.91. The maximum Gasteiger partial charge on any atom is 0.197 e. The first-order valence-corrected chi connectivity index (χ1v) is 7.14. The Kier molecular flexibility index (Phi) is 4.87. The van der Waals surface area contributed by atoms with Crippen LogP contribution in [0.1, 0.15) is 13.8 Å². The molecule has 2 rings (SSSR count). The first-order chi connectivity index (χ1) is 9.17. The number of nitrogens with one attached hydrogen (secondary N) is 2. The molecule has 19 heavy (non-hydrogen) atoms. The second-order valence-corrected chi connectivity index (χ2v) is 5.30. The Morgan fingerprint density at radius 2 is 2.11 bits per heavy atom. The van der Waals surface area contributed by atoms with E-state index >= 15 is 0 Å². The molecule has 0 fully saturated rings. The predicted octanol–water partition coefficient (Wildman–Crippen LogP) is 3.68. The normalized spacial score (nSPS) is 16.9. The molecule has 0 atom stereocenters. The van der Waals surface area contributed by atoms with Crippen molar-refractivity contribution in [2.45, 2.75) is 13.8 Å². The molecule has 1 aromatic rings. The van der Waals surface area contributed by atoms with Gasteiger partial charge in [0, 0.05) is 29.2 Å². The molecule has 0 amide bonds. The van der Waals surface area contributed by atoms with E-state index in [9.17, 15) is 0 Å². The number of halogens is 1. The van der Waals surface area contributed by atoms with Crippen molar-refractivity contribution in [3.8, 4) is 0 Å². The Balaban J connectivity index is 1.89. The summed E-state index contributed by atoms with van der Waals surface area (Å²) in [6.07, 6.45) is 1.79. The summed E-state index contributed by atoms with van der Waals surface area (Å²) >= 11 is 7.34. The first-order valence-electron chi connectivity index (χ1n) is 5.95. The number of thioether (sulfide) groups is 1. The van der Waals surface area contributed by atoms with Gasteiger partial charge in [-0.05, 0) is 49.9 Å². The fraction of sp³-hybridized carbons (Fsp3) is 0.231. The Bertz CT molecular complexity index is 534. The van der Waals surface area contributed by atoms with Crippen LogP contribution < -0.4 is 10.6 Å². The SMILES string of the molecule is CCN/C(C)=C\N=C1N=C(Nc2ccc(Cl)cc2)S1. The molecular formula is C13H15ClN4S. The number of benzene rings is 1. The molecule has 4 nitrogen and oxygen atoms in total. The molecule has 100 valence electrons. The number of nitrogens with zero attached hydrogens (tertiary/aromatic N) is 2. The standard InChI is InChI=1S/C13H15ClN4S/c1-3-15-9(2)8-16-12-18-13(19-12)17-11-6-4-10(14)5-7-11/h4-8,15H,3H2,1-2H3,(H,16,17,18)/b9-8-. The maximum absolute atomic E-state index is 5.82. The highest BCUT2D eigenvalue weighted by Crippen LogP contribution is 2.23. The molecule has 0 spiro atoms. The summed E-state index contributed by atoms with van der Waals surface area (Å²) in [5.74, 6) is 0. The molecular weight excluding hydrogens is 280 g/mol. The van der Waals surface area contributed by atoms with Crippen molar-refractivity contribution in [2.75, 3.05) is 11.9 Å². The molecule has 0 bridgehead atoms. The van der Waals surface area contributed by atoms with E-state index < -0.39 is 0 Å². The van der Waals surface area contributed by atoms with Gasteiger partial charge in [0.15, 0.2) is 10.3 Å². The van der Waals surface area contributed by atoms with Crippen molar-refractivity contribution < 1.29 is 0 Å². The number of anilines is 1. The van der Waals surface area contributed by atoms with Crippen molar-refractivity contribution in [1.29, 1.82) is 0 Å². The Morgan fingerprint density at radius 3 is 2.74 bits per heavy atom. The highest BCUT2D eigenvalue weighted by molar-refractivity contribution is 8.29. The molecule has 1 aliphatic heterocycles. The van der Waals surface area contributed by atoms with Crippen molar-refractivity contribution in [3.63, 3.8) is 0 Å². The van der Waals surface area contributed by atoms with Crippen LogP contribution in [0.15, 0.2) is 46.1 Å². The summed E-state index contributed by atoms with van der Waals surface area (Å²) in [4.78, 5) is 8.54. The molecule has 1 aliphatic rings. The van der Waals surface area contributed by atoms with Gasteiger partial charge in [-0.1, -0.05) is 11.6 Å². The number of hydrogen-bond donors (Lipinski definition) is 2. The molecule has 0 unspecified atom stereocenters. The minimum absolute atomic E-state index is 0.722. The number of rotatable bonds is 4. The largest absolute Gasteiger partial charge is 0.388 e. The van der Waals surface area contributed by atoms with Crippen molar-refractivity contribution in [3.05, 3.63) is 41.2 Å². The van der Waals surface area contributed by atoms with E-state index in [1.165, 1.54) is 11.8 Å². The molecule has 0 aliphatic carbocycles. The van der Waals surface area contributed by atoms with Crippen LogP contribution in [0.2, 0.25) is 5.02 Å². The molecule has 0 radical (unpaired) electrons. The van der Waals surface area contributed by atoms with E-state index in [0.29, 0.717) is 0 Å². The van der Waals surface area contributed by atoms with Gasteiger partial charge >= 0.3 is 0 Å². The lowest BCUT2D eigenvalue weighted by Crippen LogP contribution is -2.19. The van der Waals surface area contributed by atoms with Crippen molar-refractivity contribution in [1.82, 2.24) is 5.32 Å². The lowest BCUT2D eigenvalue weighted by molar-refractivity contribution is 0.850. The van der Waals surface area contributed by atoms with Crippen LogP contribution in [-0.2, 0) is 0 Å². The van der Waals surface area contributed by atoms with Crippen molar-refractivity contribution >= 4 is 39.4 Å². The summed E-state index contributed by atoms with van der Waals surface area (Å²) in [6.45, 7) is 4.93. The summed E-state index contributed by atoms with van der Waals surface area (Å²) in [5.41, 5.74) is 2.00. The zero-order valence-electron chi connectivity index (χ0n) is 10.8. The highest BCUT2D eigenvalue weighted by atomic mass is 35.5. The number of allylic oxidation sites excluding steroid dienone is 1. The van der Waals surface area contributed by atoms with Gasteiger partial charge in [0.25, 0.3) is 0 Å². The summed E-state index contributed by atoms with van der Waals surface area (Å²) < 4.78 is 0. The lowest BCUT2D eigenvalue weighted by Gasteiger charge is -2.15. The van der Waals surface area contributed by atoms with Gasteiger partial charge in [-0.25, -0.2) is 4.99 Å². The van der Waals surface area contributed by atoms with Crippen LogP contribution in [0.3, 0.4) is 0 Å². The molecule has 0 aromatic heterocycles. The van der Waals surface area contributed by atoms with E-state index in [4.69, 9.17) is 11.6 Å². The second kappa shape index (κ2) is 6.63. The Morgan fingerprint density at radius 1 is 1.42 bits per heavy atom. The van der Waals surface area contributed by atoms with Gasteiger partial charge in [-0.2, -0.15) is 4.99 Å². The van der Waals surface area contributed by atoms with E-state index in [-0.39, 0.29) is 0 Å². The highest BCUT2D eigenvalue weighted by Gasteiger charge is 2.16. The topological polar surface area (TPSA) is 48.8 Å². The quantitative estimate of drug-likeness (QED) is 0.890. The minimum atomic E-state index is 0.722. The molecule has 1 heterocycles. The van der Waals surface area contributed by atoms with Gasteiger partial charge in [0.1, 0.15) is 0 Å². The van der Waals surface area contributed by atoms with Crippen LogP contribution in [-0.4, -0.2) is 16.9 Å². The lowest BCUT2D eigenvalue weighted by atomic mass is 10.3. The van der Waals surface area contributed by atoms with E-state index in [0.717, 1.165) is 33.3 Å². The molecule has 2 N–H and O–H groups in total. The van der Waals surface area contributed by atoms with Crippen LogP contribution in [0.4, 0.5) is 5.69 Å². The molecule has 0 saturated carbocycles. The van der Waals surface area contributed by atoms with Gasteiger partial charge in [-0.3, -0.25) is 0 Å².